The van der Waals surface area contributed by atoms with Crippen LogP contribution in [0.25, 0.3) is 0 Å². The van der Waals surface area contributed by atoms with Crippen molar-refractivity contribution < 1.29 is 4.79 Å². The van der Waals surface area contributed by atoms with Gasteiger partial charge in [0.2, 0.25) is 0 Å². The Hall–Kier alpha value is -0.940. The number of halogens is 1. The molecule has 0 saturated heterocycles. The molecule has 1 N–H and O–H groups in total. The number of anilines is 1. The van der Waals surface area contributed by atoms with Gasteiger partial charge in [0.1, 0.15) is 11.5 Å². The molecular weight excluding hydrogens is 306 g/mol. The van der Waals surface area contributed by atoms with E-state index in [-0.39, 0.29) is 11.9 Å². The molecule has 1 atom stereocenters. The molecule has 0 aliphatic heterocycles. The van der Waals surface area contributed by atoms with E-state index in [1.165, 1.54) is 0 Å². The Labute approximate surface area is 136 Å². The second kappa shape index (κ2) is 9.15. The average Bonchev–Trinajstić information content (AvgIpc) is 2.50. The molecule has 1 amide bonds. The summed E-state index contributed by atoms with van der Waals surface area (Å²) in [4.78, 5) is 18.6. The minimum atomic E-state index is -0.131. The third-order valence-corrected chi connectivity index (χ3v) is 4.27. The SMILES string of the molecule is CCCNc1ccc(Cl)c(C(=O)N(C)C(C)CCSC)n1. The van der Waals surface area contributed by atoms with Gasteiger partial charge in [-0.2, -0.15) is 11.8 Å². The quantitative estimate of drug-likeness (QED) is 0.788. The molecule has 1 rings (SSSR count). The van der Waals surface area contributed by atoms with E-state index in [1.807, 2.05) is 6.92 Å². The van der Waals surface area contributed by atoms with E-state index in [1.54, 1.807) is 35.8 Å². The Morgan fingerprint density at radius 1 is 1.52 bits per heavy atom. The Morgan fingerprint density at radius 3 is 2.86 bits per heavy atom. The van der Waals surface area contributed by atoms with Crippen LogP contribution in [0.4, 0.5) is 5.82 Å². The largest absolute Gasteiger partial charge is 0.370 e. The standard InChI is InChI=1S/C15H24ClN3OS/c1-5-9-17-13-7-6-12(16)14(18-13)15(20)19(3)11(2)8-10-21-4/h6-7,11H,5,8-10H2,1-4H3,(H,17,18). The van der Waals surface area contributed by atoms with Crippen molar-refractivity contribution >= 4 is 35.1 Å². The zero-order chi connectivity index (χ0) is 15.8. The number of rotatable bonds is 8. The maximum absolute atomic E-state index is 12.5. The maximum atomic E-state index is 12.5. The maximum Gasteiger partial charge on any atom is 0.274 e. The van der Waals surface area contributed by atoms with Crippen LogP contribution in [0.5, 0.6) is 0 Å². The van der Waals surface area contributed by atoms with Gasteiger partial charge in [-0.15, -0.1) is 0 Å². The van der Waals surface area contributed by atoms with Crippen LogP contribution in [0.2, 0.25) is 5.02 Å². The van der Waals surface area contributed by atoms with Crippen molar-refractivity contribution in [2.24, 2.45) is 0 Å². The van der Waals surface area contributed by atoms with Gasteiger partial charge in [0, 0.05) is 19.6 Å². The topological polar surface area (TPSA) is 45.2 Å². The van der Waals surface area contributed by atoms with Gasteiger partial charge in [-0.3, -0.25) is 4.79 Å². The molecule has 1 heterocycles. The summed E-state index contributed by atoms with van der Waals surface area (Å²) in [5.74, 6) is 1.58. The molecule has 0 aliphatic carbocycles. The van der Waals surface area contributed by atoms with Gasteiger partial charge >= 0.3 is 0 Å². The highest BCUT2D eigenvalue weighted by molar-refractivity contribution is 7.98. The Balaban J connectivity index is 2.84. The predicted molar refractivity (Wildman–Crippen MR) is 92.6 cm³/mol. The highest BCUT2D eigenvalue weighted by Crippen LogP contribution is 2.19. The zero-order valence-corrected chi connectivity index (χ0v) is 14.7. The van der Waals surface area contributed by atoms with Gasteiger partial charge in [-0.25, -0.2) is 4.98 Å². The first-order valence-corrected chi connectivity index (χ1v) is 8.95. The van der Waals surface area contributed by atoms with Crippen LogP contribution in [0.1, 0.15) is 37.2 Å². The fourth-order valence-electron chi connectivity index (χ4n) is 1.79. The summed E-state index contributed by atoms with van der Waals surface area (Å²) < 4.78 is 0. The normalized spacial score (nSPS) is 12.0. The van der Waals surface area contributed by atoms with E-state index in [9.17, 15) is 4.79 Å². The van der Waals surface area contributed by atoms with Crippen LogP contribution in [0, 0.1) is 0 Å². The summed E-state index contributed by atoms with van der Waals surface area (Å²) in [5.41, 5.74) is 0.316. The molecule has 21 heavy (non-hydrogen) atoms. The fraction of sp³-hybridized carbons (Fsp3) is 0.600. The summed E-state index contributed by atoms with van der Waals surface area (Å²) in [7, 11) is 1.80. The molecule has 0 radical (unpaired) electrons. The van der Waals surface area contributed by atoms with E-state index >= 15 is 0 Å². The summed E-state index contributed by atoms with van der Waals surface area (Å²) in [5, 5.41) is 3.57. The van der Waals surface area contributed by atoms with Crippen LogP contribution < -0.4 is 5.32 Å². The summed E-state index contributed by atoms with van der Waals surface area (Å²) in [6.07, 6.45) is 4.02. The van der Waals surface area contributed by atoms with Gasteiger partial charge in [0.25, 0.3) is 5.91 Å². The first-order chi connectivity index (χ1) is 10.0. The van der Waals surface area contributed by atoms with Gasteiger partial charge < -0.3 is 10.2 Å². The van der Waals surface area contributed by atoms with Crippen LogP contribution in [-0.2, 0) is 0 Å². The lowest BCUT2D eigenvalue weighted by Gasteiger charge is -2.25. The number of nitrogens with zero attached hydrogens (tertiary/aromatic N) is 2. The second-order valence-electron chi connectivity index (χ2n) is 5.00. The number of pyridine rings is 1. The molecule has 0 spiro atoms. The Bertz CT molecular complexity index is 470. The van der Waals surface area contributed by atoms with E-state index < -0.39 is 0 Å². The predicted octanol–water partition coefficient (Wildman–Crippen LogP) is 3.77. The molecule has 6 heteroatoms. The number of hydrogen-bond donors (Lipinski definition) is 1. The molecule has 118 valence electrons. The van der Waals surface area contributed by atoms with Crippen LogP contribution in [0.15, 0.2) is 12.1 Å². The van der Waals surface area contributed by atoms with Crippen molar-refractivity contribution in [3.05, 3.63) is 22.8 Å². The van der Waals surface area contributed by atoms with Crippen molar-refractivity contribution in [1.82, 2.24) is 9.88 Å². The van der Waals surface area contributed by atoms with Crippen molar-refractivity contribution in [3.63, 3.8) is 0 Å². The molecule has 0 bridgehead atoms. The van der Waals surface area contributed by atoms with E-state index in [0.29, 0.717) is 16.5 Å². The van der Waals surface area contributed by atoms with Gasteiger partial charge in [-0.1, -0.05) is 18.5 Å². The Kier molecular flexibility index (Phi) is 7.89. The number of amides is 1. The number of aromatic nitrogens is 1. The minimum absolute atomic E-state index is 0.131. The smallest absolute Gasteiger partial charge is 0.274 e. The minimum Gasteiger partial charge on any atom is -0.370 e. The van der Waals surface area contributed by atoms with Crippen LogP contribution >= 0.6 is 23.4 Å². The molecule has 0 fully saturated rings. The number of carbonyl (C=O) groups excluding carboxylic acids is 1. The molecule has 0 saturated carbocycles. The number of carbonyl (C=O) groups is 1. The van der Waals surface area contributed by atoms with Crippen molar-refractivity contribution in [2.45, 2.75) is 32.7 Å². The average molecular weight is 330 g/mol. The highest BCUT2D eigenvalue weighted by Gasteiger charge is 2.21. The summed E-state index contributed by atoms with van der Waals surface area (Å²) >= 11 is 7.92. The lowest BCUT2D eigenvalue weighted by Crippen LogP contribution is -2.36. The van der Waals surface area contributed by atoms with Crippen molar-refractivity contribution in [1.29, 1.82) is 0 Å². The number of nitrogens with one attached hydrogen (secondary N) is 1. The summed E-state index contributed by atoms with van der Waals surface area (Å²) in [6.45, 7) is 4.94. The third-order valence-electron chi connectivity index (χ3n) is 3.33. The second-order valence-corrected chi connectivity index (χ2v) is 6.39. The molecular formula is C15H24ClN3OS. The number of hydrogen-bond acceptors (Lipinski definition) is 4. The van der Waals surface area contributed by atoms with E-state index in [2.05, 4.69) is 23.5 Å². The van der Waals surface area contributed by atoms with Crippen LogP contribution in [-0.4, -0.2) is 47.4 Å². The molecule has 1 unspecified atom stereocenters. The first kappa shape index (κ1) is 18.1. The molecule has 0 aliphatic rings. The van der Waals surface area contributed by atoms with Crippen LogP contribution in [0.3, 0.4) is 0 Å². The van der Waals surface area contributed by atoms with E-state index in [4.69, 9.17) is 11.6 Å². The van der Waals surface area contributed by atoms with Crippen molar-refractivity contribution in [3.8, 4) is 0 Å². The van der Waals surface area contributed by atoms with Gasteiger partial charge in [0.05, 0.1) is 5.02 Å². The van der Waals surface area contributed by atoms with Gasteiger partial charge in [0.15, 0.2) is 0 Å². The van der Waals surface area contributed by atoms with E-state index in [0.717, 1.165) is 25.1 Å². The molecule has 4 nitrogen and oxygen atoms in total. The fourth-order valence-corrected chi connectivity index (χ4v) is 2.56. The van der Waals surface area contributed by atoms with Crippen molar-refractivity contribution in [2.75, 3.05) is 30.9 Å². The number of thioether (sulfide) groups is 1. The molecule has 1 aromatic heterocycles. The lowest BCUT2D eigenvalue weighted by atomic mass is 10.2. The zero-order valence-electron chi connectivity index (χ0n) is 13.1. The van der Waals surface area contributed by atoms with Gasteiger partial charge in [-0.05, 0) is 43.9 Å². The molecule has 0 aromatic carbocycles. The monoisotopic (exact) mass is 329 g/mol. The highest BCUT2D eigenvalue weighted by atomic mass is 35.5. The third kappa shape index (κ3) is 5.40. The Morgan fingerprint density at radius 2 is 2.24 bits per heavy atom. The first-order valence-electron chi connectivity index (χ1n) is 7.17. The summed E-state index contributed by atoms with van der Waals surface area (Å²) in [6, 6.07) is 3.68. The molecule has 1 aromatic rings. The lowest BCUT2D eigenvalue weighted by molar-refractivity contribution is 0.0736.